The first kappa shape index (κ1) is 22.6. The van der Waals surface area contributed by atoms with Crippen molar-refractivity contribution in [3.63, 3.8) is 0 Å². The van der Waals surface area contributed by atoms with Crippen LogP contribution in [0.5, 0.6) is 11.6 Å². The summed E-state index contributed by atoms with van der Waals surface area (Å²) in [6.07, 6.45) is 4.81. The van der Waals surface area contributed by atoms with E-state index in [1.54, 1.807) is 24.6 Å². The molecule has 176 valence electrons. The Bertz CT molecular complexity index is 1310. The molecule has 5 rings (SSSR count). The lowest BCUT2D eigenvalue weighted by molar-refractivity contribution is 0.243. The van der Waals surface area contributed by atoms with Gasteiger partial charge in [-0.3, -0.25) is 0 Å². The average Bonchev–Trinajstić information content (AvgIpc) is 3.46. The molecule has 1 aromatic carbocycles. The summed E-state index contributed by atoms with van der Waals surface area (Å²) in [6, 6.07) is 10.3. The van der Waals surface area contributed by atoms with Crippen LogP contribution < -0.4 is 14.8 Å². The maximum atomic E-state index is 6.19. The number of likely N-dealkylation sites (N-methyl/N-ethyl adjacent to an activating group) is 1. The zero-order valence-corrected chi connectivity index (χ0v) is 20.7. The van der Waals surface area contributed by atoms with Crippen molar-refractivity contribution in [1.29, 1.82) is 0 Å². The Balaban J connectivity index is 1.49. The van der Waals surface area contributed by atoms with Gasteiger partial charge in [-0.05, 0) is 69.6 Å². The third-order valence-electron chi connectivity index (χ3n) is 6.05. The van der Waals surface area contributed by atoms with Crippen molar-refractivity contribution < 1.29 is 9.47 Å². The number of nitrogens with one attached hydrogen (secondary N) is 1. The predicted molar refractivity (Wildman–Crippen MR) is 138 cm³/mol. The van der Waals surface area contributed by atoms with Gasteiger partial charge in [0.15, 0.2) is 0 Å². The molecule has 1 atom stereocenters. The molecule has 8 heteroatoms. The van der Waals surface area contributed by atoms with Crippen molar-refractivity contribution in [2.75, 3.05) is 32.6 Å². The third kappa shape index (κ3) is 4.56. The van der Waals surface area contributed by atoms with E-state index in [0.717, 1.165) is 45.9 Å². The maximum Gasteiger partial charge on any atom is 0.227 e. The standard InChI is InChI=1S/C26H29N5O2S/c1-16(2)33-22-12-17(18-9-11-31(3)14-18)7-8-21(22)29-26-28-13-23-24(30-26)20(15-34-23)19-6-5-10-27-25(19)32-4/h5-8,10,12-13,15-16,18H,9,11,14H2,1-4H3,(H,28,29,30). The topological polar surface area (TPSA) is 72.4 Å². The van der Waals surface area contributed by atoms with Crippen molar-refractivity contribution >= 4 is 33.2 Å². The molecule has 7 nitrogen and oxygen atoms in total. The molecule has 4 aromatic rings. The second kappa shape index (κ2) is 9.56. The molecule has 0 bridgehead atoms. The first-order valence-corrected chi connectivity index (χ1v) is 12.4. The van der Waals surface area contributed by atoms with Crippen LogP contribution in [0.3, 0.4) is 0 Å². The van der Waals surface area contributed by atoms with Crippen molar-refractivity contribution in [3.8, 4) is 22.8 Å². The lowest BCUT2D eigenvalue weighted by Crippen LogP contribution is -2.13. The van der Waals surface area contributed by atoms with Crippen LogP contribution >= 0.6 is 11.3 Å². The van der Waals surface area contributed by atoms with Crippen molar-refractivity contribution in [2.24, 2.45) is 0 Å². The van der Waals surface area contributed by atoms with Crippen LogP contribution in [0.2, 0.25) is 0 Å². The number of hydrogen-bond acceptors (Lipinski definition) is 8. The molecule has 0 radical (unpaired) electrons. The Labute approximate surface area is 203 Å². The molecular weight excluding hydrogens is 446 g/mol. The molecule has 1 aliphatic rings. The molecule has 0 saturated carbocycles. The highest BCUT2D eigenvalue weighted by atomic mass is 32.1. The number of methoxy groups -OCH3 is 1. The first-order chi connectivity index (χ1) is 16.5. The van der Waals surface area contributed by atoms with Gasteiger partial charge in [0.1, 0.15) is 5.75 Å². The summed E-state index contributed by atoms with van der Waals surface area (Å²) in [5.74, 6) is 2.46. The number of benzene rings is 1. The highest BCUT2D eigenvalue weighted by Gasteiger charge is 2.22. The highest BCUT2D eigenvalue weighted by Crippen LogP contribution is 2.38. The monoisotopic (exact) mass is 475 g/mol. The van der Waals surface area contributed by atoms with E-state index in [4.69, 9.17) is 14.5 Å². The van der Waals surface area contributed by atoms with Gasteiger partial charge in [0, 0.05) is 29.2 Å². The number of hydrogen-bond donors (Lipinski definition) is 1. The molecule has 1 fully saturated rings. The number of thiophene rings is 1. The number of nitrogens with zero attached hydrogens (tertiary/aromatic N) is 4. The largest absolute Gasteiger partial charge is 0.489 e. The smallest absolute Gasteiger partial charge is 0.227 e. The molecule has 0 spiro atoms. The fourth-order valence-electron chi connectivity index (χ4n) is 4.41. The van der Waals surface area contributed by atoms with E-state index in [1.165, 1.54) is 12.0 Å². The summed E-state index contributed by atoms with van der Waals surface area (Å²) in [5.41, 5.74) is 4.93. The summed E-state index contributed by atoms with van der Waals surface area (Å²) < 4.78 is 12.7. The summed E-state index contributed by atoms with van der Waals surface area (Å²) in [4.78, 5) is 16.1. The van der Waals surface area contributed by atoms with E-state index in [9.17, 15) is 0 Å². The number of rotatable bonds is 7. The Hall–Kier alpha value is -3.23. The molecular formula is C26H29N5O2S. The lowest BCUT2D eigenvalue weighted by atomic mass is 9.98. The van der Waals surface area contributed by atoms with Gasteiger partial charge in [-0.15, -0.1) is 11.3 Å². The van der Waals surface area contributed by atoms with E-state index < -0.39 is 0 Å². The van der Waals surface area contributed by atoms with Crippen molar-refractivity contribution in [1.82, 2.24) is 19.9 Å². The van der Waals surface area contributed by atoms with Crippen LogP contribution in [0.4, 0.5) is 11.6 Å². The van der Waals surface area contributed by atoms with Gasteiger partial charge in [0.25, 0.3) is 0 Å². The highest BCUT2D eigenvalue weighted by molar-refractivity contribution is 7.17. The molecule has 0 aliphatic carbocycles. The number of fused-ring (bicyclic) bond motifs is 1. The van der Waals surface area contributed by atoms with Gasteiger partial charge < -0.3 is 19.7 Å². The second-order valence-electron chi connectivity index (χ2n) is 8.91. The number of aromatic nitrogens is 3. The molecule has 1 N–H and O–H groups in total. The minimum absolute atomic E-state index is 0.0620. The number of pyridine rings is 1. The van der Waals surface area contributed by atoms with E-state index in [0.29, 0.717) is 17.7 Å². The SMILES string of the molecule is COc1ncccc1-c1csc2cnc(Nc3ccc(C4CCN(C)C4)cc3OC(C)C)nc12. The van der Waals surface area contributed by atoms with Crippen LogP contribution in [0.1, 0.15) is 31.7 Å². The van der Waals surface area contributed by atoms with E-state index in [2.05, 4.69) is 50.8 Å². The van der Waals surface area contributed by atoms with Crippen LogP contribution in [0.25, 0.3) is 21.3 Å². The van der Waals surface area contributed by atoms with Gasteiger partial charge in [-0.1, -0.05) is 6.07 Å². The van der Waals surface area contributed by atoms with Gasteiger partial charge in [0.2, 0.25) is 11.8 Å². The van der Waals surface area contributed by atoms with Crippen LogP contribution in [0.15, 0.2) is 48.1 Å². The number of likely N-dealkylation sites (tertiary alicyclic amines) is 1. The normalized spacial score (nSPS) is 16.3. The fourth-order valence-corrected chi connectivity index (χ4v) is 5.28. The van der Waals surface area contributed by atoms with Crippen molar-refractivity contribution in [2.45, 2.75) is 32.3 Å². The molecule has 4 heterocycles. The van der Waals surface area contributed by atoms with Crippen LogP contribution in [-0.2, 0) is 0 Å². The van der Waals surface area contributed by atoms with E-state index >= 15 is 0 Å². The van der Waals surface area contributed by atoms with Crippen LogP contribution in [0, 0.1) is 0 Å². The predicted octanol–water partition coefficient (Wildman–Crippen LogP) is 5.71. The van der Waals surface area contributed by atoms with Crippen LogP contribution in [-0.4, -0.2) is 53.2 Å². The van der Waals surface area contributed by atoms with Gasteiger partial charge in [-0.2, -0.15) is 0 Å². The Kier molecular flexibility index (Phi) is 6.34. The summed E-state index contributed by atoms with van der Waals surface area (Å²) in [7, 11) is 3.81. The fraction of sp³-hybridized carbons (Fsp3) is 0.346. The summed E-state index contributed by atoms with van der Waals surface area (Å²) in [5, 5.41) is 5.47. The quantitative estimate of drug-likeness (QED) is 0.367. The second-order valence-corrected chi connectivity index (χ2v) is 9.82. The van der Waals surface area contributed by atoms with Gasteiger partial charge >= 0.3 is 0 Å². The van der Waals surface area contributed by atoms with E-state index in [1.807, 2.05) is 32.2 Å². The Morgan fingerprint density at radius 2 is 2.06 bits per heavy atom. The Morgan fingerprint density at radius 1 is 1.18 bits per heavy atom. The molecule has 1 aliphatic heterocycles. The third-order valence-corrected chi connectivity index (χ3v) is 6.95. The van der Waals surface area contributed by atoms with E-state index in [-0.39, 0.29) is 6.10 Å². The lowest BCUT2D eigenvalue weighted by Gasteiger charge is -2.18. The maximum absolute atomic E-state index is 6.19. The minimum atomic E-state index is 0.0620. The first-order valence-electron chi connectivity index (χ1n) is 11.5. The zero-order chi connectivity index (χ0) is 23.7. The molecule has 1 unspecified atom stereocenters. The zero-order valence-electron chi connectivity index (χ0n) is 19.9. The van der Waals surface area contributed by atoms with Gasteiger partial charge in [0.05, 0.1) is 35.3 Å². The molecule has 34 heavy (non-hydrogen) atoms. The molecule has 0 amide bonds. The number of anilines is 2. The van der Waals surface area contributed by atoms with Gasteiger partial charge in [-0.25, -0.2) is 15.0 Å². The average molecular weight is 476 g/mol. The summed E-state index contributed by atoms with van der Waals surface area (Å²) >= 11 is 1.61. The summed E-state index contributed by atoms with van der Waals surface area (Å²) in [6.45, 7) is 6.29. The Morgan fingerprint density at radius 3 is 2.82 bits per heavy atom. The number of ether oxygens (including phenoxy) is 2. The molecule has 1 saturated heterocycles. The van der Waals surface area contributed by atoms with Crippen molar-refractivity contribution in [3.05, 3.63) is 53.7 Å². The minimum Gasteiger partial charge on any atom is -0.489 e. The molecule has 3 aromatic heterocycles.